The summed E-state index contributed by atoms with van der Waals surface area (Å²) in [5, 5.41) is 8.59. The van der Waals surface area contributed by atoms with E-state index in [1.54, 1.807) is 60.7 Å². The quantitative estimate of drug-likeness (QED) is 0.190. The highest BCUT2D eigenvalue weighted by molar-refractivity contribution is 8.19. The molecule has 0 saturated carbocycles. The van der Waals surface area contributed by atoms with Gasteiger partial charge in [0.2, 0.25) is 0 Å². The van der Waals surface area contributed by atoms with Crippen molar-refractivity contribution in [3.05, 3.63) is 88.8 Å². The predicted octanol–water partition coefficient (Wildman–Crippen LogP) is 6.39. The van der Waals surface area contributed by atoms with Crippen molar-refractivity contribution in [3.8, 4) is 23.3 Å². The van der Waals surface area contributed by atoms with Gasteiger partial charge in [0.25, 0.3) is 11.1 Å². The van der Waals surface area contributed by atoms with Crippen molar-refractivity contribution in [2.75, 3.05) is 51.3 Å². The topological polar surface area (TPSA) is 86.1 Å². The van der Waals surface area contributed by atoms with Gasteiger partial charge in [-0.15, -0.1) is 0 Å². The molecular weight excluding hydrogens is 548 g/mol. The first-order chi connectivity index (χ1) is 20.5. The standard InChI is InChI=1S/C33H34N4O4S/c1-35-17-19-36(20-18-35)16-3-2-4-21-40-30-7-5-6-27(23-30)37-32(38)31(42-33(37)39)22-25-8-12-28(13-9-25)41-29-14-10-26(24-34)11-15-29/h5-15,22-23H,2-4,16-21H2,1H3/b31-22-. The lowest BCUT2D eigenvalue weighted by Gasteiger charge is -2.32. The number of carbonyl (C=O) groups is 2. The van der Waals surface area contributed by atoms with Crippen LogP contribution in [0.4, 0.5) is 10.5 Å². The molecule has 0 spiro atoms. The number of piperazine rings is 1. The number of carbonyl (C=O) groups excluding carboxylic acids is 2. The lowest BCUT2D eigenvalue weighted by molar-refractivity contribution is -0.113. The second-order valence-corrected chi connectivity index (χ2v) is 11.4. The molecule has 2 fully saturated rings. The zero-order chi connectivity index (χ0) is 29.3. The molecule has 2 heterocycles. The molecular formula is C33H34N4O4S. The molecule has 8 nitrogen and oxygen atoms in total. The van der Waals surface area contributed by atoms with Crippen molar-refractivity contribution in [1.82, 2.24) is 9.80 Å². The van der Waals surface area contributed by atoms with Crippen LogP contribution in [-0.2, 0) is 4.79 Å². The molecule has 2 aliphatic heterocycles. The van der Waals surface area contributed by atoms with Crippen molar-refractivity contribution >= 4 is 34.7 Å². The summed E-state index contributed by atoms with van der Waals surface area (Å²) in [7, 11) is 2.17. The molecule has 0 N–H and O–H groups in total. The summed E-state index contributed by atoms with van der Waals surface area (Å²) in [6.07, 6.45) is 4.92. The van der Waals surface area contributed by atoms with Gasteiger partial charge in [-0.1, -0.05) is 18.2 Å². The Morgan fingerprint density at radius 2 is 1.60 bits per heavy atom. The van der Waals surface area contributed by atoms with Crippen LogP contribution in [0.5, 0.6) is 17.2 Å². The molecule has 2 amide bonds. The fourth-order valence-corrected chi connectivity index (χ4v) is 5.64. The molecule has 5 rings (SSSR count). The van der Waals surface area contributed by atoms with Crippen LogP contribution in [0, 0.1) is 11.3 Å². The van der Waals surface area contributed by atoms with Gasteiger partial charge < -0.3 is 19.3 Å². The molecule has 0 aromatic heterocycles. The molecule has 3 aromatic carbocycles. The Morgan fingerprint density at radius 1 is 0.881 bits per heavy atom. The number of anilines is 1. The molecule has 0 bridgehead atoms. The summed E-state index contributed by atoms with van der Waals surface area (Å²) in [4.78, 5) is 32.5. The number of rotatable bonds is 11. The number of imide groups is 1. The van der Waals surface area contributed by atoms with Crippen LogP contribution in [0.25, 0.3) is 6.08 Å². The minimum Gasteiger partial charge on any atom is -0.494 e. The number of hydrogen-bond acceptors (Lipinski definition) is 8. The summed E-state index contributed by atoms with van der Waals surface area (Å²) in [5.74, 6) is 1.53. The highest BCUT2D eigenvalue weighted by atomic mass is 32.2. The number of benzene rings is 3. The third-order valence-corrected chi connectivity index (χ3v) is 8.12. The maximum Gasteiger partial charge on any atom is 0.298 e. The zero-order valence-electron chi connectivity index (χ0n) is 23.7. The SMILES string of the molecule is CN1CCN(CCCCCOc2cccc(N3C(=O)S/C(=C\c4ccc(Oc5ccc(C#N)cc5)cc4)C3=O)c2)CC1. The van der Waals surface area contributed by atoms with Crippen LogP contribution in [-0.4, -0.2) is 67.3 Å². The monoisotopic (exact) mass is 582 g/mol. The van der Waals surface area contributed by atoms with Gasteiger partial charge in [0.15, 0.2) is 0 Å². The summed E-state index contributed by atoms with van der Waals surface area (Å²) in [6.45, 7) is 6.30. The first kappa shape index (κ1) is 29.4. The zero-order valence-corrected chi connectivity index (χ0v) is 24.5. The molecule has 42 heavy (non-hydrogen) atoms. The predicted molar refractivity (Wildman–Crippen MR) is 166 cm³/mol. The Hall–Kier alpha value is -4.10. The molecule has 0 unspecified atom stereocenters. The van der Waals surface area contributed by atoms with Crippen molar-refractivity contribution in [1.29, 1.82) is 5.26 Å². The molecule has 0 aliphatic carbocycles. The minimum absolute atomic E-state index is 0.340. The fourth-order valence-electron chi connectivity index (χ4n) is 4.80. The number of unbranched alkanes of at least 4 members (excludes halogenated alkanes) is 2. The van der Waals surface area contributed by atoms with Crippen LogP contribution < -0.4 is 14.4 Å². The van der Waals surface area contributed by atoms with Crippen LogP contribution in [0.3, 0.4) is 0 Å². The number of hydrogen-bond donors (Lipinski definition) is 0. The second-order valence-electron chi connectivity index (χ2n) is 10.4. The van der Waals surface area contributed by atoms with Crippen LogP contribution in [0.1, 0.15) is 30.4 Å². The first-order valence-electron chi connectivity index (χ1n) is 14.2. The van der Waals surface area contributed by atoms with Gasteiger partial charge in [0.1, 0.15) is 17.2 Å². The van der Waals surface area contributed by atoms with Gasteiger partial charge in [0.05, 0.1) is 28.8 Å². The van der Waals surface area contributed by atoms with E-state index in [1.807, 2.05) is 18.2 Å². The third-order valence-electron chi connectivity index (χ3n) is 7.25. The maximum atomic E-state index is 13.2. The minimum atomic E-state index is -0.357. The van der Waals surface area contributed by atoms with E-state index in [2.05, 4.69) is 22.9 Å². The van der Waals surface area contributed by atoms with E-state index >= 15 is 0 Å². The lowest BCUT2D eigenvalue weighted by atomic mass is 10.2. The van der Waals surface area contributed by atoms with Crippen molar-refractivity contribution < 1.29 is 19.1 Å². The molecule has 3 aromatic rings. The maximum absolute atomic E-state index is 13.2. The molecule has 216 valence electrons. The van der Waals surface area contributed by atoms with Gasteiger partial charge in [-0.25, -0.2) is 4.90 Å². The van der Waals surface area contributed by atoms with E-state index < -0.39 is 0 Å². The average Bonchev–Trinajstić information content (AvgIpc) is 3.29. The van der Waals surface area contributed by atoms with Crippen LogP contribution in [0.15, 0.2) is 77.7 Å². The second kappa shape index (κ2) is 14.2. The van der Waals surface area contributed by atoms with Gasteiger partial charge in [-0.05, 0) is 105 Å². The van der Waals surface area contributed by atoms with Gasteiger partial charge in [-0.2, -0.15) is 5.26 Å². The normalized spacial score (nSPS) is 17.0. The molecule has 0 atom stereocenters. The smallest absolute Gasteiger partial charge is 0.298 e. The Balaban J connectivity index is 1.12. The van der Waals surface area contributed by atoms with E-state index in [-0.39, 0.29) is 11.1 Å². The molecule has 0 radical (unpaired) electrons. The highest BCUT2D eigenvalue weighted by Gasteiger charge is 2.36. The van der Waals surface area contributed by atoms with Crippen molar-refractivity contribution in [2.45, 2.75) is 19.3 Å². The van der Waals surface area contributed by atoms with Gasteiger partial charge >= 0.3 is 0 Å². The molecule has 2 aliphatic rings. The average molecular weight is 583 g/mol. The van der Waals surface area contributed by atoms with Crippen molar-refractivity contribution in [2.24, 2.45) is 0 Å². The first-order valence-corrected chi connectivity index (χ1v) is 15.0. The summed E-state index contributed by atoms with van der Waals surface area (Å²) in [6, 6.07) is 23.3. The highest BCUT2D eigenvalue weighted by Crippen LogP contribution is 2.37. The fraction of sp³-hybridized carbons (Fsp3) is 0.303. The molecule has 9 heteroatoms. The summed E-state index contributed by atoms with van der Waals surface area (Å²) >= 11 is 0.920. The van der Waals surface area contributed by atoms with E-state index in [0.717, 1.165) is 69.3 Å². The number of amides is 2. The van der Waals surface area contributed by atoms with Crippen molar-refractivity contribution in [3.63, 3.8) is 0 Å². The number of thioether (sulfide) groups is 1. The Labute approximate surface area is 251 Å². The number of likely N-dealkylation sites (N-methyl/N-ethyl adjacent to an activating group) is 1. The Morgan fingerprint density at radius 3 is 2.31 bits per heavy atom. The van der Waals surface area contributed by atoms with Gasteiger partial charge in [0, 0.05) is 32.2 Å². The Kier molecular flexibility index (Phi) is 9.93. The van der Waals surface area contributed by atoms with Gasteiger partial charge in [-0.3, -0.25) is 9.59 Å². The number of nitriles is 1. The summed E-state index contributed by atoms with van der Waals surface area (Å²) in [5.41, 5.74) is 1.84. The van der Waals surface area contributed by atoms with Crippen LogP contribution in [0.2, 0.25) is 0 Å². The third kappa shape index (κ3) is 7.79. The number of nitrogens with zero attached hydrogens (tertiary/aromatic N) is 4. The lowest BCUT2D eigenvalue weighted by Crippen LogP contribution is -2.44. The largest absolute Gasteiger partial charge is 0.494 e. The molecule has 2 saturated heterocycles. The summed E-state index contributed by atoms with van der Waals surface area (Å²) < 4.78 is 11.8. The van der Waals surface area contributed by atoms with E-state index in [9.17, 15) is 9.59 Å². The number of ether oxygens (including phenoxy) is 2. The Bertz CT molecular complexity index is 1460. The van der Waals surface area contributed by atoms with E-state index in [1.165, 1.54) is 4.90 Å². The van der Waals surface area contributed by atoms with Crippen LogP contribution >= 0.6 is 11.8 Å². The van der Waals surface area contributed by atoms with E-state index in [0.29, 0.717) is 40.0 Å². The van der Waals surface area contributed by atoms with E-state index in [4.69, 9.17) is 14.7 Å².